The molecular formula is C11H22N2O2. The first-order valence-electron chi connectivity index (χ1n) is 5.45. The summed E-state index contributed by atoms with van der Waals surface area (Å²) in [5.74, 6) is 0.421. The monoisotopic (exact) mass is 214 g/mol. The van der Waals surface area contributed by atoms with Crippen LogP contribution in [0, 0.1) is 5.92 Å². The van der Waals surface area contributed by atoms with Gasteiger partial charge in [-0.1, -0.05) is 6.92 Å². The van der Waals surface area contributed by atoms with Crippen LogP contribution < -0.4 is 10.6 Å². The molecule has 0 saturated carbocycles. The van der Waals surface area contributed by atoms with E-state index in [0.717, 1.165) is 13.1 Å². The lowest BCUT2D eigenvalue weighted by Gasteiger charge is -2.31. The lowest BCUT2D eigenvalue weighted by Crippen LogP contribution is -2.52. The summed E-state index contributed by atoms with van der Waals surface area (Å²) >= 11 is 0. The lowest BCUT2D eigenvalue weighted by molar-refractivity contribution is 0.0453. The average Bonchev–Trinajstić information content (AvgIpc) is 2.27. The fourth-order valence-electron chi connectivity index (χ4n) is 1.65. The van der Waals surface area contributed by atoms with Gasteiger partial charge in [-0.3, -0.25) is 0 Å². The first-order chi connectivity index (χ1) is 6.73. The highest BCUT2D eigenvalue weighted by Crippen LogP contribution is 2.21. The molecule has 1 rings (SSSR count). The normalized spacial score (nSPS) is 31.4. The number of hydrogen-bond donors (Lipinski definition) is 2. The van der Waals surface area contributed by atoms with Crippen molar-refractivity contribution in [3.63, 3.8) is 0 Å². The van der Waals surface area contributed by atoms with Crippen LogP contribution in [0.5, 0.6) is 0 Å². The van der Waals surface area contributed by atoms with Crippen molar-refractivity contribution in [1.29, 1.82) is 0 Å². The van der Waals surface area contributed by atoms with Crippen LogP contribution >= 0.6 is 0 Å². The summed E-state index contributed by atoms with van der Waals surface area (Å²) < 4.78 is 5.24. The zero-order valence-electron chi connectivity index (χ0n) is 10.3. The van der Waals surface area contributed by atoms with Gasteiger partial charge in [0.1, 0.15) is 5.60 Å². The lowest BCUT2D eigenvalue weighted by atomic mass is 9.91. The molecule has 15 heavy (non-hydrogen) atoms. The largest absolute Gasteiger partial charge is 0.444 e. The summed E-state index contributed by atoms with van der Waals surface area (Å²) in [6, 6.07) is 0. The Balaban J connectivity index is 2.51. The van der Waals surface area contributed by atoms with Crippen molar-refractivity contribution in [2.45, 2.75) is 45.8 Å². The molecule has 1 heterocycles. The second-order valence-electron chi connectivity index (χ2n) is 5.58. The van der Waals surface area contributed by atoms with E-state index in [1.807, 2.05) is 27.7 Å². The van der Waals surface area contributed by atoms with Gasteiger partial charge in [0, 0.05) is 13.1 Å². The van der Waals surface area contributed by atoms with Crippen molar-refractivity contribution in [3.8, 4) is 0 Å². The molecule has 0 bridgehead atoms. The molecule has 0 aromatic heterocycles. The Hall–Kier alpha value is -0.770. The maximum absolute atomic E-state index is 11.6. The van der Waals surface area contributed by atoms with Gasteiger partial charge >= 0.3 is 6.09 Å². The minimum atomic E-state index is -0.435. The van der Waals surface area contributed by atoms with Crippen LogP contribution in [0.3, 0.4) is 0 Å². The molecule has 2 N–H and O–H groups in total. The maximum Gasteiger partial charge on any atom is 0.408 e. The number of nitrogens with one attached hydrogen (secondary N) is 2. The molecule has 4 heteroatoms. The Kier molecular flexibility index (Phi) is 3.28. The summed E-state index contributed by atoms with van der Waals surface area (Å²) in [4.78, 5) is 11.6. The van der Waals surface area contributed by atoms with Crippen LogP contribution in [0.2, 0.25) is 0 Å². The minimum Gasteiger partial charge on any atom is -0.444 e. The van der Waals surface area contributed by atoms with E-state index in [-0.39, 0.29) is 11.6 Å². The minimum absolute atomic E-state index is 0.192. The molecule has 0 aromatic rings. The van der Waals surface area contributed by atoms with Crippen molar-refractivity contribution >= 4 is 6.09 Å². The number of hydrogen-bond acceptors (Lipinski definition) is 3. The van der Waals surface area contributed by atoms with Crippen LogP contribution in [-0.2, 0) is 4.74 Å². The summed E-state index contributed by atoms with van der Waals surface area (Å²) in [5.41, 5.74) is -0.627. The van der Waals surface area contributed by atoms with Crippen molar-refractivity contribution in [2.24, 2.45) is 5.92 Å². The molecule has 4 nitrogen and oxygen atoms in total. The summed E-state index contributed by atoms with van der Waals surface area (Å²) in [6.45, 7) is 11.5. The van der Waals surface area contributed by atoms with Crippen LogP contribution in [0.25, 0.3) is 0 Å². The first-order valence-corrected chi connectivity index (χ1v) is 5.45. The molecule has 0 aromatic carbocycles. The molecule has 1 unspecified atom stereocenters. The van der Waals surface area contributed by atoms with Gasteiger partial charge < -0.3 is 15.4 Å². The zero-order valence-corrected chi connectivity index (χ0v) is 10.3. The maximum atomic E-state index is 11.6. The van der Waals surface area contributed by atoms with Crippen molar-refractivity contribution in [2.75, 3.05) is 13.1 Å². The van der Waals surface area contributed by atoms with Crippen LogP contribution in [0.4, 0.5) is 4.79 Å². The van der Waals surface area contributed by atoms with Gasteiger partial charge in [-0.15, -0.1) is 0 Å². The number of alkyl carbamates (subject to hydrolysis) is 1. The number of carbonyl (C=O) groups is 1. The summed E-state index contributed by atoms with van der Waals surface area (Å²) in [5, 5.41) is 6.20. The Morgan fingerprint density at radius 2 is 2.13 bits per heavy atom. The Labute approximate surface area is 91.8 Å². The highest BCUT2D eigenvalue weighted by molar-refractivity contribution is 5.69. The van der Waals surface area contributed by atoms with Gasteiger partial charge in [0.15, 0.2) is 0 Å². The SMILES string of the molecule is CC1CNC[C@@]1(C)NC(=O)OC(C)(C)C. The first kappa shape index (κ1) is 12.3. The quantitative estimate of drug-likeness (QED) is 0.695. The Bertz CT molecular complexity index is 247. The molecule has 88 valence electrons. The summed E-state index contributed by atoms with van der Waals surface area (Å²) in [6.07, 6.45) is -0.333. The average molecular weight is 214 g/mol. The van der Waals surface area contributed by atoms with Gasteiger partial charge in [-0.05, 0) is 33.6 Å². The van der Waals surface area contributed by atoms with Gasteiger partial charge in [0.05, 0.1) is 5.54 Å². The molecular weight excluding hydrogens is 192 g/mol. The topological polar surface area (TPSA) is 50.4 Å². The van der Waals surface area contributed by atoms with Crippen molar-refractivity contribution in [1.82, 2.24) is 10.6 Å². The predicted octanol–water partition coefficient (Wildman–Crippen LogP) is 1.51. The number of ether oxygens (including phenoxy) is 1. The number of rotatable bonds is 1. The third-order valence-electron chi connectivity index (χ3n) is 2.82. The van der Waals surface area contributed by atoms with Crippen molar-refractivity contribution < 1.29 is 9.53 Å². The molecule has 0 aliphatic carbocycles. The van der Waals surface area contributed by atoms with Crippen molar-refractivity contribution in [3.05, 3.63) is 0 Å². The van der Waals surface area contributed by atoms with E-state index >= 15 is 0 Å². The van der Waals surface area contributed by atoms with Gasteiger partial charge in [0.25, 0.3) is 0 Å². The fourth-order valence-corrected chi connectivity index (χ4v) is 1.65. The Morgan fingerprint density at radius 3 is 2.53 bits per heavy atom. The van der Waals surface area contributed by atoms with E-state index in [1.54, 1.807) is 0 Å². The third kappa shape index (κ3) is 3.38. The smallest absolute Gasteiger partial charge is 0.408 e. The highest BCUT2D eigenvalue weighted by atomic mass is 16.6. The molecule has 1 aliphatic rings. The van der Waals surface area contributed by atoms with E-state index in [0.29, 0.717) is 5.92 Å². The second kappa shape index (κ2) is 4.00. The van der Waals surface area contributed by atoms with E-state index in [1.165, 1.54) is 0 Å². The molecule has 0 spiro atoms. The molecule has 2 atom stereocenters. The van der Waals surface area contributed by atoms with Gasteiger partial charge in [0.2, 0.25) is 0 Å². The van der Waals surface area contributed by atoms with E-state index < -0.39 is 5.60 Å². The summed E-state index contributed by atoms with van der Waals surface area (Å²) in [7, 11) is 0. The molecule has 1 fully saturated rings. The van der Waals surface area contributed by atoms with E-state index in [4.69, 9.17) is 4.74 Å². The third-order valence-corrected chi connectivity index (χ3v) is 2.82. The number of amides is 1. The Morgan fingerprint density at radius 1 is 1.53 bits per heavy atom. The molecule has 0 radical (unpaired) electrons. The molecule has 1 saturated heterocycles. The van der Waals surface area contributed by atoms with Crippen LogP contribution in [0.15, 0.2) is 0 Å². The van der Waals surface area contributed by atoms with E-state index in [9.17, 15) is 4.79 Å². The highest BCUT2D eigenvalue weighted by Gasteiger charge is 2.38. The van der Waals surface area contributed by atoms with Crippen LogP contribution in [-0.4, -0.2) is 30.3 Å². The number of carbonyl (C=O) groups excluding carboxylic acids is 1. The van der Waals surface area contributed by atoms with Gasteiger partial charge in [-0.2, -0.15) is 0 Å². The van der Waals surface area contributed by atoms with Gasteiger partial charge in [-0.25, -0.2) is 4.79 Å². The fraction of sp³-hybridized carbons (Fsp3) is 0.909. The van der Waals surface area contributed by atoms with E-state index in [2.05, 4.69) is 17.6 Å². The van der Waals surface area contributed by atoms with Crippen LogP contribution in [0.1, 0.15) is 34.6 Å². The molecule has 1 aliphatic heterocycles. The standard InChI is InChI=1S/C11H22N2O2/c1-8-6-12-7-11(8,5)13-9(14)15-10(2,3)4/h8,12H,6-7H2,1-5H3,(H,13,14)/t8?,11-/m1/s1. The zero-order chi connectivity index (χ0) is 11.7. The predicted molar refractivity (Wildman–Crippen MR) is 59.8 cm³/mol. The second-order valence-corrected chi connectivity index (χ2v) is 5.58. The molecule has 1 amide bonds.